The van der Waals surface area contributed by atoms with Crippen LogP contribution in [0.5, 0.6) is 0 Å². The molecule has 1 aliphatic heterocycles. The summed E-state index contributed by atoms with van der Waals surface area (Å²) in [7, 11) is -3.48. The zero-order chi connectivity index (χ0) is 16.9. The van der Waals surface area contributed by atoms with Crippen molar-refractivity contribution in [3.8, 4) is 0 Å². The predicted octanol–water partition coefficient (Wildman–Crippen LogP) is 3.53. The molecule has 0 radical (unpaired) electrons. The van der Waals surface area contributed by atoms with E-state index in [0.29, 0.717) is 18.0 Å². The molecule has 0 unspecified atom stereocenters. The van der Waals surface area contributed by atoms with Crippen LogP contribution in [0.3, 0.4) is 0 Å². The van der Waals surface area contributed by atoms with Gasteiger partial charge >= 0.3 is 0 Å². The van der Waals surface area contributed by atoms with E-state index in [0.717, 1.165) is 28.8 Å². The van der Waals surface area contributed by atoms with Crippen LogP contribution in [-0.4, -0.2) is 24.3 Å². The number of benzene rings is 2. The van der Waals surface area contributed by atoms with E-state index in [9.17, 15) is 8.42 Å². The van der Waals surface area contributed by atoms with Gasteiger partial charge < -0.3 is 4.98 Å². The second-order valence-electron chi connectivity index (χ2n) is 6.49. The first-order valence-electron chi connectivity index (χ1n) is 8.12. The molecule has 1 aromatic heterocycles. The van der Waals surface area contributed by atoms with Crippen LogP contribution in [0.25, 0.3) is 10.9 Å². The molecule has 0 bridgehead atoms. The predicted molar refractivity (Wildman–Crippen MR) is 95.5 cm³/mol. The molecule has 0 spiro atoms. The van der Waals surface area contributed by atoms with E-state index >= 15 is 0 Å². The summed E-state index contributed by atoms with van der Waals surface area (Å²) in [6.07, 6.45) is 0.740. The minimum absolute atomic E-state index is 0.403. The van der Waals surface area contributed by atoms with Gasteiger partial charge in [0.15, 0.2) is 0 Å². The van der Waals surface area contributed by atoms with Crippen LogP contribution in [0.2, 0.25) is 0 Å². The number of para-hydroxylation sites is 1. The van der Waals surface area contributed by atoms with Crippen molar-refractivity contribution in [2.24, 2.45) is 0 Å². The number of aromatic amines is 1. The Balaban J connectivity index is 1.75. The highest BCUT2D eigenvalue weighted by atomic mass is 32.2. The van der Waals surface area contributed by atoms with E-state index in [1.807, 2.05) is 44.2 Å². The Morgan fingerprint density at radius 3 is 2.71 bits per heavy atom. The highest BCUT2D eigenvalue weighted by Gasteiger charge is 2.31. The van der Waals surface area contributed by atoms with Gasteiger partial charge in [0.05, 0.1) is 11.4 Å². The van der Waals surface area contributed by atoms with E-state index < -0.39 is 10.0 Å². The fourth-order valence-corrected chi connectivity index (χ4v) is 5.22. The van der Waals surface area contributed by atoms with Crippen molar-refractivity contribution < 1.29 is 8.42 Å². The van der Waals surface area contributed by atoms with Crippen molar-refractivity contribution in [1.29, 1.82) is 0 Å². The van der Waals surface area contributed by atoms with Crippen LogP contribution in [-0.2, 0) is 23.0 Å². The first-order chi connectivity index (χ1) is 11.5. The Hall–Kier alpha value is -2.11. The summed E-state index contributed by atoms with van der Waals surface area (Å²) in [6.45, 7) is 4.69. The smallest absolute Gasteiger partial charge is 0.243 e. The fourth-order valence-electron chi connectivity index (χ4n) is 3.50. The molecule has 0 atom stereocenters. The molecule has 1 N–H and O–H groups in total. The van der Waals surface area contributed by atoms with Gasteiger partial charge in [-0.1, -0.05) is 30.3 Å². The number of aromatic nitrogens is 1. The molecule has 0 saturated heterocycles. The highest BCUT2D eigenvalue weighted by Crippen LogP contribution is 2.31. The number of sulfonamides is 1. The van der Waals surface area contributed by atoms with Crippen molar-refractivity contribution in [1.82, 2.24) is 9.29 Å². The monoisotopic (exact) mass is 340 g/mol. The Morgan fingerprint density at radius 1 is 1.08 bits per heavy atom. The van der Waals surface area contributed by atoms with Crippen LogP contribution in [0.1, 0.15) is 22.4 Å². The third kappa shape index (κ3) is 2.36. The molecule has 24 heavy (non-hydrogen) atoms. The Labute approximate surface area is 142 Å². The minimum Gasteiger partial charge on any atom is -0.357 e. The number of rotatable bonds is 2. The third-order valence-corrected chi connectivity index (χ3v) is 6.80. The van der Waals surface area contributed by atoms with E-state index in [2.05, 4.69) is 11.1 Å². The van der Waals surface area contributed by atoms with Gasteiger partial charge in [0.2, 0.25) is 10.0 Å². The zero-order valence-corrected chi connectivity index (χ0v) is 14.7. The van der Waals surface area contributed by atoms with Crippen LogP contribution in [0.4, 0.5) is 0 Å². The Morgan fingerprint density at radius 2 is 1.88 bits per heavy atom. The lowest BCUT2D eigenvalue weighted by molar-refractivity contribution is 0.388. The van der Waals surface area contributed by atoms with E-state index in [-0.39, 0.29) is 0 Å². The van der Waals surface area contributed by atoms with E-state index in [1.54, 1.807) is 10.4 Å². The number of nitrogens with zero attached hydrogens (tertiary/aromatic N) is 1. The van der Waals surface area contributed by atoms with Crippen molar-refractivity contribution in [3.63, 3.8) is 0 Å². The van der Waals surface area contributed by atoms with E-state index in [4.69, 9.17) is 0 Å². The lowest BCUT2D eigenvalue weighted by Crippen LogP contribution is -2.36. The van der Waals surface area contributed by atoms with Crippen LogP contribution < -0.4 is 0 Å². The van der Waals surface area contributed by atoms with Gasteiger partial charge in [-0.2, -0.15) is 4.31 Å². The van der Waals surface area contributed by atoms with Crippen molar-refractivity contribution in [2.45, 2.75) is 31.7 Å². The van der Waals surface area contributed by atoms with Crippen molar-refractivity contribution >= 4 is 20.9 Å². The fraction of sp³-hybridized carbons (Fsp3) is 0.263. The number of aryl methyl sites for hydroxylation is 2. The second-order valence-corrected chi connectivity index (χ2v) is 8.39. The Kier molecular flexibility index (Phi) is 3.51. The molecule has 0 fully saturated rings. The average Bonchev–Trinajstić information content (AvgIpc) is 2.94. The molecule has 0 saturated carbocycles. The molecule has 5 heteroatoms. The first-order valence-corrected chi connectivity index (χ1v) is 9.57. The maximum Gasteiger partial charge on any atom is 0.243 e. The maximum atomic E-state index is 13.1. The van der Waals surface area contributed by atoms with Gasteiger partial charge in [0, 0.05) is 23.1 Å². The molecular formula is C19H20N2O2S. The largest absolute Gasteiger partial charge is 0.357 e. The summed E-state index contributed by atoms with van der Waals surface area (Å²) in [4.78, 5) is 3.81. The lowest BCUT2D eigenvalue weighted by atomic mass is 10.1. The number of H-pyrrole nitrogens is 1. The van der Waals surface area contributed by atoms with Gasteiger partial charge in [-0.3, -0.25) is 0 Å². The van der Waals surface area contributed by atoms with Crippen molar-refractivity contribution in [3.05, 3.63) is 64.8 Å². The summed E-state index contributed by atoms with van der Waals surface area (Å²) in [5.74, 6) is 0. The molecular weight excluding hydrogens is 320 g/mol. The summed E-state index contributed by atoms with van der Waals surface area (Å²) in [5.41, 5.74) is 5.09. The average molecular weight is 340 g/mol. The van der Waals surface area contributed by atoms with Gasteiger partial charge in [0.1, 0.15) is 0 Å². The summed E-state index contributed by atoms with van der Waals surface area (Å²) < 4.78 is 27.8. The number of fused-ring (bicyclic) bond motifs is 3. The number of hydrogen-bond acceptors (Lipinski definition) is 2. The van der Waals surface area contributed by atoms with Gasteiger partial charge in [0.25, 0.3) is 0 Å². The van der Waals surface area contributed by atoms with Gasteiger partial charge in [-0.15, -0.1) is 0 Å². The van der Waals surface area contributed by atoms with Gasteiger partial charge in [-0.05, 0) is 49.1 Å². The van der Waals surface area contributed by atoms with Crippen molar-refractivity contribution in [2.75, 3.05) is 6.54 Å². The molecule has 0 aliphatic carbocycles. The zero-order valence-electron chi connectivity index (χ0n) is 13.8. The van der Waals surface area contributed by atoms with Gasteiger partial charge in [-0.25, -0.2) is 8.42 Å². The molecule has 4 nitrogen and oxygen atoms in total. The van der Waals surface area contributed by atoms with Crippen LogP contribution in [0, 0.1) is 13.8 Å². The van der Waals surface area contributed by atoms with Crippen LogP contribution in [0.15, 0.2) is 47.4 Å². The third-order valence-electron chi connectivity index (χ3n) is 4.81. The van der Waals surface area contributed by atoms with Crippen LogP contribution >= 0.6 is 0 Å². The quantitative estimate of drug-likeness (QED) is 0.776. The molecule has 1 aliphatic rings. The standard InChI is InChI=1S/C19H20N2O2S/c1-13-7-8-14(2)19(11-13)24(22,23)21-10-9-16-15-5-3-4-6-17(15)20-18(16)12-21/h3-8,11,20H,9-10,12H2,1-2H3. The summed E-state index contributed by atoms with van der Waals surface area (Å²) in [5, 5.41) is 1.20. The molecule has 3 aromatic rings. The van der Waals surface area contributed by atoms with E-state index in [1.165, 1.54) is 10.9 Å². The maximum absolute atomic E-state index is 13.1. The molecule has 4 rings (SSSR count). The highest BCUT2D eigenvalue weighted by molar-refractivity contribution is 7.89. The lowest BCUT2D eigenvalue weighted by Gasteiger charge is -2.27. The topological polar surface area (TPSA) is 53.2 Å². The molecule has 2 heterocycles. The summed E-state index contributed by atoms with van der Waals surface area (Å²) >= 11 is 0. The summed E-state index contributed by atoms with van der Waals surface area (Å²) in [6, 6.07) is 13.7. The molecule has 124 valence electrons. The molecule has 2 aromatic carbocycles. The second kappa shape index (κ2) is 5.46. The number of hydrogen-bond donors (Lipinski definition) is 1. The SMILES string of the molecule is Cc1ccc(C)c(S(=O)(=O)N2CCc3c([nH]c4ccccc34)C2)c1. The minimum atomic E-state index is -3.48. The normalized spacial score (nSPS) is 15.6. The Bertz CT molecular complexity index is 1030. The molecule has 0 amide bonds. The first kappa shape index (κ1) is 15.4. The number of nitrogens with one attached hydrogen (secondary N) is 1.